The van der Waals surface area contributed by atoms with Crippen LogP contribution in [0.3, 0.4) is 0 Å². The van der Waals surface area contributed by atoms with Crippen molar-refractivity contribution in [3.8, 4) is 0 Å². The number of nitrogens with two attached hydrogens (primary N) is 1. The maximum atomic E-state index is 13.1. The van der Waals surface area contributed by atoms with Crippen LogP contribution < -0.4 is 5.73 Å². The molecule has 1 aromatic rings. The quantitative estimate of drug-likeness (QED) is 0.845. The van der Waals surface area contributed by atoms with Crippen molar-refractivity contribution in [2.75, 3.05) is 13.1 Å². The minimum absolute atomic E-state index is 0.0311. The van der Waals surface area contributed by atoms with Crippen LogP contribution in [0.5, 0.6) is 0 Å². The first-order valence-corrected chi connectivity index (χ1v) is 5.88. The van der Waals surface area contributed by atoms with Crippen LogP contribution in [0.1, 0.15) is 24.8 Å². The molecular formula is C13H17FN2O. The predicted molar refractivity (Wildman–Crippen MR) is 64.0 cm³/mol. The number of nitrogens with zero attached hydrogens (tertiary/aromatic N) is 1. The van der Waals surface area contributed by atoms with Gasteiger partial charge in [0.2, 0.25) is 5.91 Å². The Labute approximate surface area is 100 Å². The maximum absolute atomic E-state index is 13.1. The third kappa shape index (κ3) is 2.64. The lowest BCUT2D eigenvalue weighted by molar-refractivity contribution is -0.131. The zero-order valence-electron chi connectivity index (χ0n) is 9.90. The highest BCUT2D eigenvalue weighted by molar-refractivity contribution is 5.83. The van der Waals surface area contributed by atoms with Crippen molar-refractivity contribution < 1.29 is 9.18 Å². The Morgan fingerprint density at radius 1 is 1.59 bits per heavy atom. The van der Waals surface area contributed by atoms with Crippen molar-refractivity contribution in [1.29, 1.82) is 0 Å². The van der Waals surface area contributed by atoms with Crippen LogP contribution in [0.15, 0.2) is 24.3 Å². The van der Waals surface area contributed by atoms with Crippen molar-refractivity contribution in [3.63, 3.8) is 0 Å². The molecule has 1 heterocycles. The predicted octanol–water partition coefficient (Wildman–Crippen LogP) is 1.49. The van der Waals surface area contributed by atoms with E-state index in [0.29, 0.717) is 13.1 Å². The second-order valence-electron chi connectivity index (χ2n) is 4.61. The normalized spacial score (nSPS) is 21.6. The van der Waals surface area contributed by atoms with Gasteiger partial charge in [-0.2, -0.15) is 0 Å². The smallest absolute Gasteiger partial charge is 0.229 e. The number of carbonyl (C=O) groups is 1. The fourth-order valence-corrected chi connectivity index (χ4v) is 2.18. The molecule has 1 aliphatic rings. The Morgan fingerprint density at radius 3 is 2.94 bits per heavy atom. The summed E-state index contributed by atoms with van der Waals surface area (Å²) in [5, 5.41) is 0. The minimum Gasteiger partial charge on any atom is -0.341 e. The number of carbonyl (C=O) groups excluding carboxylic acids is 1. The molecule has 2 atom stereocenters. The molecule has 2 N–H and O–H groups in total. The van der Waals surface area contributed by atoms with Gasteiger partial charge in [-0.25, -0.2) is 4.39 Å². The largest absolute Gasteiger partial charge is 0.341 e. The highest BCUT2D eigenvalue weighted by Gasteiger charge is 2.27. The molecule has 1 saturated heterocycles. The lowest BCUT2D eigenvalue weighted by Crippen LogP contribution is -2.34. The molecule has 4 heteroatoms. The van der Waals surface area contributed by atoms with E-state index in [-0.39, 0.29) is 23.7 Å². The topological polar surface area (TPSA) is 46.3 Å². The van der Waals surface area contributed by atoms with Gasteiger partial charge >= 0.3 is 0 Å². The van der Waals surface area contributed by atoms with Gasteiger partial charge < -0.3 is 10.6 Å². The lowest BCUT2D eigenvalue weighted by atomic mass is 10.00. The van der Waals surface area contributed by atoms with E-state index in [2.05, 4.69) is 0 Å². The molecule has 1 aromatic carbocycles. The summed E-state index contributed by atoms with van der Waals surface area (Å²) in [5.41, 5.74) is 6.49. The Morgan fingerprint density at radius 2 is 2.35 bits per heavy atom. The summed E-state index contributed by atoms with van der Waals surface area (Å²) < 4.78 is 13.1. The summed E-state index contributed by atoms with van der Waals surface area (Å²) in [6.07, 6.45) is 0.849. The van der Waals surface area contributed by atoms with Gasteiger partial charge in [0.25, 0.3) is 0 Å². The molecule has 2 rings (SSSR count). The Balaban J connectivity index is 2.09. The fraction of sp³-hybridized carbons (Fsp3) is 0.462. The zero-order valence-corrected chi connectivity index (χ0v) is 9.90. The second-order valence-corrected chi connectivity index (χ2v) is 4.61. The molecule has 3 nitrogen and oxygen atoms in total. The highest BCUT2D eigenvalue weighted by Crippen LogP contribution is 2.21. The molecule has 1 aliphatic heterocycles. The molecule has 0 bridgehead atoms. The fourth-order valence-electron chi connectivity index (χ4n) is 2.18. The number of hydrogen-bond donors (Lipinski definition) is 1. The van der Waals surface area contributed by atoms with Crippen LogP contribution in [0.4, 0.5) is 4.39 Å². The van der Waals surface area contributed by atoms with Crippen molar-refractivity contribution in [1.82, 2.24) is 4.90 Å². The molecule has 0 spiro atoms. The number of halogens is 1. The molecule has 1 amide bonds. The van der Waals surface area contributed by atoms with E-state index in [1.165, 1.54) is 12.1 Å². The summed E-state index contributed by atoms with van der Waals surface area (Å²) in [5.74, 6) is -0.583. The van der Waals surface area contributed by atoms with Gasteiger partial charge in [0.15, 0.2) is 0 Å². The van der Waals surface area contributed by atoms with E-state index >= 15 is 0 Å². The molecule has 0 aliphatic carbocycles. The van der Waals surface area contributed by atoms with Gasteiger partial charge in [-0.3, -0.25) is 4.79 Å². The second kappa shape index (κ2) is 4.84. The van der Waals surface area contributed by atoms with Crippen LogP contribution in [0, 0.1) is 5.82 Å². The van der Waals surface area contributed by atoms with Crippen LogP contribution in [-0.2, 0) is 4.79 Å². The van der Waals surface area contributed by atoms with Crippen LogP contribution in [0.25, 0.3) is 0 Å². The van der Waals surface area contributed by atoms with Crippen LogP contribution >= 0.6 is 0 Å². The molecule has 0 saturated carbocycles. The van der Waals surface area contributed by atoms with E-state index in [9.17, 15) is 9.18 Å². The lowest BCUT2D eigenvalue weighted by Gasteiger charge is -2.20. The molecule has 92 valence electrons. The number of rotatable bonds is 2. The van der Waals surface area contributed by atoms with E-state index < -0.39 is 0 Å². The van der Waals surface area contributed by atoms with Crippen LogP contribution in [0.2, 0.25) is 0 Å². The molecule has 0 aromatic heterocycles. The van der Waals surface area contributed by atoms with Gasteiger partial charge in [0.1, 0.15) is 5.82 Å². The Hall–Kier alpha value is -1.42. The van der Waals surface area contributed by atoms with Crippen molar-refractivity contribution >= 4 is 5.91 Å². The van der Waals surface area contributed by atoms with Crippen LogP contribution in [-0.4, -0.2) is 29.9 Å². The first-order valence-electron chi connectivity index (χ1n) is 5.88. The summed E-state index contributed by atoms with van der Waals surface area (Å²) in [4.78, 5) is 13.9. The first kappa shape index (κ1) is 12.0. The third-order valence-electron chi connectivity index (χ3n) is 3.26. The summed E-state index contributed by atoms with van der Waals surface area (Å²) >= 11 is 0. The van der Waals surface area contributed by atoms with E-state index in [4.69, 9.17) is 5.73 Å². The maximum Gasteiger partial charge on any atom is 0.229 e. The molecule has 17 heavy (non-hydrogen) atoms. The average Bonchev–Trinajstić information content (AvgIpc) is 2.74. The first-order chi connectivity index (χ1) is 8.08. The van der Waals surface area contributed by atoms with Crippen molar-refractivity contribution in [2.24, 2.45) is 5.73 Å². The molecule has 1 fully saturated rings. The summed E-state index contributed by atoms with van der Waals surface area (Å²) in [7, 11) is 0. The van der Waals surface area contributed by atoms with E-state index in [1.807, 2.05) is 0 Å². The number of benzene rings is 1. The van der Waals surface area contributed by atoms with E-state index in [1.54, 1.807) is 24.0 Å². The standard InChI is InChI=1S/C13H17FN2O/c1-9(10-3-2-4-11(14)7-10)13(17)16-6-5-12(15)8-16/h2-4,7,9,12H,5-6,8,15H2,1H3/t9-,12+/m0/s1. The van der Waals surface area contributed by atoms with Crippen molar-refractivity contribution in [3.05, 3.63) is 35.6 Å². The zero-order chi connectivity index (χ0) is 12.4. The van der Waals surface area contributed by atoms with E-state index in [0.717, 1.165) is 12.0 Å². The molecular weight excluding hydrogens is 219 g/mol. The van der Waals surface area contributed by atoms with Gasteiger partial charge in [-0.15, -0.1) is 0 Å². The molecule has 0 radical (unpaired) electrons. The highest BCUT2D eigenvalue weighted by atomic mass is 19.1. The van der Waals surface area contributed by atoms with Crippen molar-refractivity contribution in [2.45, 2.75) is 25.3 Å². The van der Waals surface area contributed by atoms with Gasteiger partial charge in [-0.05, 0) is 31.0 Å². The monoisotopic (exact) mass is 236 g/mol. The third-order valence-corrected chi connectivity index (χ3v) is 3.26. The number of likely N-dealkylation sites (tertiary alicyclic amines) is 1. The molecule has 0 unspecified atom stereocenters. The average molecular weight is 236 g/mol. The number of hydrogen-bond acceptors (Lipinski definition) is 2. The Bertz CT molecular complexity index is 422. The van der Waals surface area contributed by atoms with Gasteiger partial charge in [0, 0.05) is 19.1 Å². The minimum atomic E-state index is -0.309. The summed E-state index contributed by atoms with van der Waals surface area (Å²) in [6.45, 7) is 3.12. The van der Waals surface area contributed by atoms with Gasteiger partial charge in [-0.1, -0.05) is 12.1 Å². The SMILES string of the molecule is C[C@H](C(=O)N1CC[C@@H](N)C1)c1cccc(F)c1. The Kier molecular flexibility index (Phi) is 3.43. The summed E-state index contributed by atoms with van der Waals surface area (Å²) in [6, 6.07) is 6.29. The van der Waals surface area contributed by atoms with Gasteiger partial charge in [0.05, 0.1) is 5.92 Å². The number of amides is 1.